The Kier molecular flexibility index (Phi) is 7.35. The van der Waals surface area contributed by atoms with Crippen LogP contribution in [0.3, 0.4) is 0 Å². The number of hydrogen-bond acceptors (Lipinski definition) is 3. The first kappa shape index (κ1) is 18.5. The standard InChI is InChI=1S/C16H23ClN2O3/c1-10(2)14(20)8-9-18-15(21)11(3)19-16(22)12-6-4-5-7-13(12)17/h4-7,10-11,14,20H,8-9H2,1-3H3,(H,18,21)(H,19,22). The minimum absolute atomic E-state index is 0.147. The fourth-order valence-electron chi connectivity index (χ4n) is 1.81. The second-order valence-corrected chi connectivity index (χ2v) is 5.97. The molecule has 0 aliphatic heterocycles. The van der Waals surface area contributed by atoms with Crippen LogP contribution in [-0.2, 0) is 4.79 Å². The largest absolute Gasteiger partial charge is 0.393 e. The molecule has 1 aromatic carbocycles. The van der Waals surface area contributed by atoms with Gasteiger partial charge in [-0.1, -0.05) is 37.6 Å². The van der Waals surface area contributed by atoms with Crippen LogP contribution in [0.1, 0.15) is 37.6 Å². The fourth-order valence-corrected chi connectivity index (χ4v) is 2.04. The Balaban J connectivity index is 2.44. The molecule has 1 rings (SSSR count). The normalized spacial score (nSPS) is 13.5. The van der Waals surface area contributed by atoms with E-state index in [2.05, 4.69) is 10.6 Å². The molecule has 3 N–H and O–H groups in total. The molecule has 0 heterocycles. The van der Waals surface area contributed by atoms with Crippen molar-refractivity contribution in [2.24, 2.45) is 5.92 Å². The van der Waals surface area contributed by atoms with Crippen molar-refractivity contribution in [2.75, 3.05) is 6.54 Å². The number of carbonyl (C=O) groups excluding carboxylic acids is 2. The summed E-state index contributed by atoms with van der Waals surface area (Å²) in [5.41, 5.74) is 0.332. The molecular weight excluding hydrogens is 304 g/mol. The molecule has 5 nitrogen and oxygen atoms in total. The molecule has 0 spiro atoms. The third-order valence-corrected chi connectivity index (χ3v) is 3.70. The maximum Gasteiger partial charge on any atom is 0.253 e. The van der Waals surface area contributed by atoms with E-state index >= 15 is 0 Å². The summed E-state index contributed by atoms with van der Waals surface area (Å²) in [6.45, 7) is 5.80. The molecule has 22 heavy (non-hydrogen) atoms. The summed E-state index contributed by atoms with van der Waals surface area (Å²) in [5.74, 6) is -0.541. The van der Waals surface area contributed by atoms with Crippen molar-refractivity contribution in [3.05, 3.63) is 34.9 Å². The van der Waals surface area contributed by atoms with Crippen LogP contribution in [0.4, 0.5) is 0 Å². The number of rotatable bonds is 7. The zero-order chi connectivity index (χ0) is 16.7. The summed E-state index contributed by atoms with van der Waals surface area (Å²) in [6, 6.07) is 5.98. The molecule has 1 aromatic rings. The minimum atomic E-state index is -0.681. The second-order valence-electron chi connectivity index (χ2n) is 5.57. The number of hydrogen-bond donors (Lipinski definition) is 3. The molecular formula is C16H23ClN2O3. The fraction of sp³-hybridized carbons (Fsp3) is 0.500. The Hall–Kier alpha value is -1.59. The summed E-state index contributed by atoms with van der Waals surface area (Å²) in [4.78, 5) is 23.9. The van der Waals surface area contributed by atoms with Crippen LogP contribution in [0.25, 0.3) is 0 Å². The maximum atomic E-state index is 12.0. The predicted molar refractivity (Wildman–Crippen MR) is 86.9 cm³/mol. The molecule has 0 radical (unpaired) electrons. The van der Waals surface area contributed by atoms with Crippen molar-refractivity contribution < 1.29 is 14.7 Å². The highest BCUT2D eigenvalue weighted by atomic mass is 35.5. The van der Waals surface area contributed by atoms with E-state index in [1.807, 2.05) is 13.8 Å². The van der Waals surface area contributed by atoms with Gasteiger partial charge in [-0.25, -0.2) is 0 Å². The number of aliphatic hydroxyl groups is 1. The third-order valence-electron chi connectivity index (χ3n) is 3.37. The minimum Gasteiger partial charge on any atom is -0.393 e. The highest BCUT2D eigenvalue weighted by Crippen LogP contribution is 2.14. The van der Waals surface area contributed by atoms with E-state index < -0.39 is 18.1 Å². The Morgan fingerprint density at radius 3 is 2.45 bits per heavy atom. The van der Waals surface area contributed by atoms with Crippen LogP contribution in [-0.4, -0.2) is 35.6 Å². The number of aliphatic hydroxyl groups excluding tert-OH is 1. The first-order chi connectivity index (χ1) is 10.3. The van der Waals surface area contributed by atoms with Crippen molar-refractivity contribution in [1.82, 2.24) is 10.6 Å². The van der Waals surface area contributed by atoms with E-state index in [1.165, 1.54) is 0 Å². The molecule has 2 atom stereocenters. The average Bonchev–Trinajstić information content (AvgIpc) is 2.46. The van der Waals surface area contributed by atoms with Crippen LogP contribution in [0, 0.1) is 5.92 Å². The average molecular weight is 327 g/mol. The molecule has 2 unspecified atom stereocenters. The molecule has 0 saturated carbocycles. The van der Waals surface area contributed by atoms with Gasteiger partial charge in [0, 0.05) is 6.54 Å². The van der Waals surface area contributed by atoms with Gasteiger partial charge >= 0.3 is 0 Å². The molecule has 0 aliphatic carbocycles. The zero-order valence-electron chi connectivity index (χ0n) is 13.1. The lowest BCUT2D eigenvalue weighted by Gasteiger charge is -2.17. The maximum absolute atomic E-state index is 12.0. The molecule has 122 valence electrons. The highest BCUT2D eigenvalue weighted by Gasteiger charge is 2.18. The summed E-state index contributed by atoms with van der Waals surface area (Å²) in [7, 11) is 0. The van der Waals surface area contributed by atoms with Gasteiger partial charge in [0.1, 0.15) is 6.04 Å². The Labute approximate surface area is 136 Å². The number of amides is 2. The van der Waals surface area contributed by atoms with Crippen molar-refractivity contribution in [3.8, 4) is 0 Å². The summed E-state index contributed by atoms with van der Waals surface area (Å²) >= 11 is 5.94. The summed E-state index contributed by atoms with van der Waals surface area (Å²) in [5, 5.41) is 15.3. The first-order valence-corrected chi connectivity index (χ1v) is 7.72. The summed E-state index contributed by atoms with van der Waals surface area (Å²) < 4.78 is 0. The van der Waals surface area contributed by atoms with Gasteiger partial charge in [0.2, 0.25) is 5.91 Å². The lowest BCUT2D eigenvalue weighted by Crippen LogP contribution is -2.45. The van der Waals surface area contributed by atoms with Gasteiger partial charge in [0.15, 0.2) is 0 Å². The van der Waals surface area contributed by atoms with Gasteiger partial charge in [-0.15, -0.1) is 0 Å². The topological polar surface area (TPSA) is 78.4 Å². The Morgan fingerprint density at radius 1 is 1.23 bits per heavy atom. The lowest BCUT2D eigenvalue weighted by atomic mass is 10.0. The van der Waals surface area contributed by atoms with Crippen molar-refractivity contribution in [1.29, 1.82) is 0 Å². The molecule has 0 fully saturated rings. The van der Waals surface area contributed by atoms with Crippen LogP contribution < -0.4 is 10.6 Å². The molecule has 6 heteroatoms. The van der Waals surface area contributed by atoms with Gasteiger partial charge < -0.3 is 15.7 Å². The third kappa shape index (κ3) is 5.66. The van der Waals surface area contributed by atoms with E-state index in [0.717, 1.165) is 0 Å². The second kappa shape index (κ2) is 8.76. The van der Waals surface area contributed by atoms with Gasteiger partial charge in [-0.3, -0.25) is 9.59 Å². The van der Waals surface area contributed by atoms with E-state index in [4.69, 9.17) is 11.6 Å². The van der Waals surface area contributed by atoms with Gasteiger partial charge in [-0.2, -0.15) is 0 Å². The van der Waals surface area contributed by atoms with E-state index in [9.17, 15) is 14.7 Å². The van der Waals surface area contributed by atoms with Crippen LogP contribution in [0.5, 0.6) is 0 Å². The molecule has 0 aliphatic rings. The Bertz CT molecular complexity index is 520. The Morgan fingerprint density at radius 2 is 1.86 bits per heavy atom. The molecule has 0 saturated heterocycles. The smallest absolute Gasteiger partial charge is 0.253 e. The van der Waals surface area contributed by atoms with Crippen LogP contribution in [0.15, 0.2) is 24.3 Å². The summed E-state index contributed by atoms with van der Waals surface area (Å²) in [6.07, 6.45) is 0.0301. The van der Waals surface area contributed by atoms with Gasteiger partial charge in [-0.05, 0) is 31.4 Å². The molecule has 2 amide bonds. The number of nitrogens with one attached hydrogen (secondary N) is 2. The van der Waals surface area contributed by atoms with E-state index in [-0.39, 0.29) is 11.8 Å². The van der Waals surface area contributed by atoms with Crippen molar-refractivity contribution >= 4 is 23.4 Å². The highest BCUT2D eigenvalue weighted by molar-refractivity contribution is 6.33. The van der Waals surface area contributed by atoms with Gasteiger partial charge in [0.05, 0.1) is 16.7 Å². The molecule has 0 aromatic heterocycles. The number of benzene rings is 1. The predicted octanol–water partition coefficient (Wildman–Crippen LogP) is 1.98. The van der Waals surface area contributed by atoms with Crippen molar-refractivity contribution in [2.45, 2.75) is 39.3 Å². The quantitative estimate of drug-likeness (QED) is 0.717. The first-order valence-electron chi connectivity index (χ1n) is 7.34. The van der Waals surface area contributed by atoms with Crippen LogP contribution >= 0.6 is 11.6 Å². The van der Waals surface area contributed by atoms with Crippen molar-refractivity contribution in [3.63, 3.8) is 0 Å². The SMILES string of the molecule is CC(NC(=O)c1ccccc1Cl)C(=O)NCCC(O)C(C)C. The zero-order valence-corrected chi connectivity index (χ0v) is 13.9. The van der Waals surface area contributed by atoms with E-state index in [0.29, 0.717) is 23.6 Å². The number of carbonyl (C=O) groups is 2. The van der Waals surface area contributed by atoms with Gasteiger partial charge in [0.25, 0.3) is 5.91 Å². The van der Waals surface area contributed by atoms with E-state index in [1.54, 1.807) is 31.2 Å². The monoisotopic (exact) mass is 326 g/mol. The molecule has 0 bridgehead atoms. The van der Waals surface area contributed by atoms with Crippen LogP contribution in [0.2, 0.25) is 5.02 Å². The lowest BCUT2D eigenvalue weighted by molar-refractivity contribution is -0.122. The number of halogens is 1.